The predicted octanol–water partition coefficient (Wildman–Crippen LogP) is 3.62. The molecule has 0 bridgehead atoms. The Morgan fingerprint density at radius 1 is 0.786 bits per heavy atom. The molecule has 0 aliphatic rings. The molecule has 28 heavy (non-hydrogen) atoms. The third kappa shape index (κ3) is 3.91. The summed E-state index contributed by atoms with van der Waals surface area (Å²) in [5.74, 6) is -3.16. The zero-order valence-electron chi connectivity index (χ0n) is 15.4. The molecule has 0 aliphatic heterocycles. The lowest BCUT2D eigenvalue weighted by molar-refractivity contribution is 0.0485. The van der Waals surface area contributed by atoms with Crippen LogP contribution in [0.25, 0.3) is 10.1 Å². The molecule has 0 aromatic carbocycles. The number of esters is 4. The molecule has 11 heteroatoms. The second-order valence-electron chi connectivity index (χ2n) is 5.03. The average molecular weight is 445 g/mol. The Bertz CT molecular complexity index is 1020. The maximum absolute atomic E-state index is 12.6. The fourth-order valence-electron chi connectivity index (χ4n) is 2.36. The molecular weight excluding hydrogens is 428 g/mol. The van der Waals surface area contributed by atoms with E-state index in [2.05, 4.69) is 0 Å². The molecule has 2 aromatic heterocycles. The van der Waals surface area contributed by atoms with E-state index in [9.17, 15) is 19.2 Å². The van der Waals surface area contributed by atoms with Crippen LogP contribution < -0.4 is 0 Å². The molecule has 0 radical (unpaired) electrons. The molecular formula is C17H16O8S3. The first-order valence-corrected chi connectivity index (χ1v) is 10.0. The second kappa shape index (κ2) is 9.22. The van der Waals surface area contributed by atoms with Crippen molar-refractivity contribution in [1.82, 2.24) is 0 Å². The van der Waals surface area contributed by atoms with Crippen LogP contribution in [0.15, 0.2) is 0 Å². The number of thiophene rings is 1. The maximum atomic E-state index is 12.6. The van der Waals surface area contributed by atoms with Crippen molar-refractivity contribution in [2.45, 2.75) is 13.8 Å². The Morgan fingerprint density at radius 2 is 1.32 bits per heavy atom. The van der Waals surface area contributed by atoms with E-state index in [-0.39, 0.29) is 48.0 Å². The van der Waals surface area contributed by atoms with Gasteiger partial charge in [0.1, 0.15) is 19.1 Å². The highest BCUT2D eigenvalue weighted by Gasteiger charge is 2.32. The summed E-state index contributed by atoms with van der Waals surface area (Å²) < 4.78 is 19.9. The van der Waals surface area contributed by atoms with E-state index in [1.54, 1.807) is 13.8 Å². The molecule has 0 aliphatic carbocycles. The molecule has 0 fully saturated rings. The average Bonchev–Trinajstić information content (AvgIpc) is 3.08. The smallest absolute Gasteiger partial charge is 0.349 e. The Labute approximate surface area is 173 Å². The summed E-state index contributed by atoms with van der Waals surface area (Å²) in [5, 5.41) is 0.166. The van der Waals surface area contributed by atoms with Gasteiger partial charge < -0.3 is 18.9 Å². The molecule has 0 spiro atoms. The molecule has 0 saturated heterocycles. The van der Waals surface area contributed by atoms with Crippen LogP contribution in [0.5, 0.6) is 0 Å². The van der Waals surface area contributed by atoms with Crippen LogP contribution in [0.2, 0.25) is 0 Å². The molecule has 0 amide bonds. The van der Waals surface area contributed by atoms with Gasteiger partial charge in [-0.2, -0.15) is 0 Å². The van der Waals surface area contributed by atoms with Gasteiger partial charge in [0.05, 0.1) is 37.7 Å². The molecule has 8 nitrogen and oxygen atoms in total. The van der Waals surface area contributed by atoms with Crippen molar-refractivity contribution < 1.29 is 38.1 Å². The summed E-state index contributed by atoms with van der Waals surface area (Å²) in [6, 6.07) is 0. The van der Waals surface area contributed by atoms with E-state index in [1.165, 1.54) is 0 Å². The van der Waals surface area contributed by atoms with Crippen molar-refractivity contribution in [1.29, 1.82) is 0 Å². The Hall–Kier alpha value is -2.37. The van der Waals surface area contributed by atoms with E-state index in [4.69, 9.17) is 31.2 Å². The lowest BCUT2D eigenvalue weighted by Gasteiger charge is -2.07. The minimum atomic E-state index is -0.830. The first-order chi connectivity index (χ1) is 13.3. The molecule has 2 heterocycles. The van der Waals surface area contributed by atoms with Crippen molar-refractivity contribution in [2.24, 2.45) is 0 Å². The summed E-state index contributed by atoms with van der Waals surface area (Å²) in [6.45, 7) is 3.38. The topological polar surface area (TPSA) is 105 Å². The maximum Gasteiger partial charge on any atom is 0.349 e. The molecule has 2 aromatic rings. The van der Waals surface area contributed by atoms with Crippen LogP contribution in [-0.4, -0.2) is 51.3 Å². The summed E-state index contributed by atoms with van der Waals surface area (Å²) in [5.41, 5.74) is -0.225. The van der Waals surface area contributed by atoms with E-state index < -0.39 is 23.9 Å². The molecule has 0 atom stereocenters. The van der Waals surface area contributed by atoms with Crippen molar-refractivity contribution in [2.75, 3.05) is 27.4 Å². The van der Waals surface area contributed by atoms with Gasteiger partial charge >= 0.3 is 23.9 Å². The predicted molar refractivity (Wildman–Crippen MR) is 105 cm³/mol. The first kappa shape index (κ1) is 21.9. The number of hydrogen-bond acceptors (Lipinski definition) is 11. The third-order valence-corrected chi connectivity index (χ3v) is 6.07. The van der Waals surface area contributed by atoms with Crippen molar-refractivity contribution in [3.63, 3.8) is 0 Å². The minimum absolute atomic E-state index is 0.0682. The molecule has 2 rings (SSSR count). The molecule has 150 valence electrons. The molecule has 0 N–H and O–H groups in total. The number of fused-ring (bicyclic) bond motifs is 1. The van der Waals surface area contributed by atoms with Crippen LogP contribution in [-0.2, 0) is 18.9 Å². The molecule has 0 unspecified atom stereocenters. The highest BCUT2D eigenvalue weighted by Crippen LogP contribution is 2.40. The second-order valence-corrected chi connectivity index (χ2v) is 7.74. The summed E-state index contributed by atoms with van der Waals surface area (Å²) in [4.78, 5) is 49.4. The zero-order chi connectivity index (χ0) is 21.0. The number of rotatable bonds is 6. The third-order valence-electron chi connectivity index (χ3n) is 3.46. The van der Waals surface area contributed by atoms with Crippen LogP contribution in [0.3, 0.4) is 0 Å². The van der Waals surface area contributed by atoms with Gasteiger partial charge in [0.25, 0.3) is 0 Å². The fraction of sp³-hybridized carbons (Fsp3) is 0.353. The number of hydrogen-bond donors (Lipinski definition) is 0. The van der Waals surface area contributed by atoms with Crippen molar-refractivity contribution >= 4 is 68.9 Å². The van der Waals surface area contributed by atoms with E-state index >= 15 is 0 Å². The van der Waals surface area contributed by atoms with Crippen LogP contribution in [0.4, 0.5) is 0 Å². The summed E-state index contributed by atoms with van der Waals surface area (Å²) in [7, 11) is 2.31. The largest absolute Gasteiger partial charge is 0.465 e. The standard InChI is InChI=1S/C17H16O8S3/c1-5-24-14(19)7-8-10(27-11(7)16(21)25-6-2)9(13(18)22-3)12(15(20)23-4)28-17(8)26/h5-6H2,1-4H3. The van der Waals surface area contributed by atoms with E-state index in [1.807, 2.05) is 0 Å². The minimum Gasteiger partial charge on any atom is -0.465 e. The zero-order valence-corrected chi connectivity index (χ0v) is 17.9. The highest BCUT2D eigenvalue weighted by atomic mass is 32.1. The van der Waals surface area contributed by atoms with Gasteiger partial charge in [0, 0.05) is 5.39 Å². The van der Waals surface area contributed by atoms with E-state index in [0.29, 0.717) is 0 Å². The lowest BCUT2D eigenvalue weighted by Crippen LogP contribution is -2.12. The summed E-state index contributed by atoms with van der Waals surface area (Å²) in [6.07, 6.45) is 0. The lowest BCUT2D eigenvalue weighted by atomic mass is 10.1. The van der Waals surface area contributed by atoms with Gasteiger partial charge in [-0.3, -0.25) is 0 Å². The molecule has 0 saturated carbocycles. The van der Waals surface area contributed by atoms with Crippen molar-refractivity contribution in [3.8, 4) is 0 Å². The number of ether oxygens (including phenoxy) is 4. The van der Waals surface area contributed by atoms with Gasteiger partial charge in [-0.25, -0.2) is 19.2 Å². The fourth-order valence-corrected chi connectivity index (χ4v) is 5.18. The van der Waals surface area contributed by atoms with Gasteiger partial charge in [0.2, 0.25) is 0 Å². The van der Waals surface area contributed by atoms with Gasteiger partial charge in [0.15, 0.2) is 0 Å². The normalized spacial score (nSPS) is 10.4. The van der Waals surface area contributed by atoms with Crippen LogP contribution >= 0.6 is 34.9 Å². The number of carbonyl (C=O) groups is 4. The van der Waals surface area contributed by atoms with Gasteiger partial charge in [-0.1, -0.05) is 12.2 Å². The van der Waals surface area contributed by atoms with Crippen LogP contribution in [0.1, 0.15) is 53.9 Å². The van der Waals surface area contributed by atoms with Crippen LogP contribution in [0, 0.1) is 3.82 Å². The first-order valence-electron chi connectivity index (χ1n) is 7.96. The van der Waals surface area contributed by atoms with Gasteiger partial charge in [-0.15, -0.1) is 22.7 Å². The SMILES string of the molecule is CCOC(=O)c1sc2c(C(=O)OC)c(C(=O)OC)sc(=S)c2c1C(=O)OCC. The Kier molecular flexibility index (Phi) is 7.22. The highest BCUT2D eigenvalue weighted by molar-refractivity contribution is 7.74. The Morgan fingerprint density at radius 3 is 1.86 bits per heavy atom. The Balaban J connectivity index is 3.01. The number of methoxy groups -OCH3 is 2. The van der Waals surface area contributed by atoms with Crippen molar-refractivity contribution in [3.05, 3.63) is 24.7 Å². The van der Waals surface area contributed by atoms with E-state index in [0.717, 1.165) is 36.9 Å². The van der Waals surface area contributed by atoms with Gasteiger partial charge in [-0.05, 0) is 13.8 Å². The monoisotopic (exact) mass is 444 g/mol. The summed E-state index contributed by atoms with van der Waals surface area (Å²) >= 11 is 6.94. The quantitative estimate of drug-likeness (QED) is 0.375. The number of carbonyl (C=O) groups excluding carboxylic acids is 4.